The SMILES string of the molecule is CCOC(=O)[C@H](CCCCNC(=O)COCC(=O)O[C@@H](C(=O)O[C@H]1C[C@@]2(O)[C@@H](OC(=O)c3ccccc3)[C@@H]3[C@]4(OC(C)=O)CO[C@@H]4C[C@H](O)[C@@]3(C)C(=O)[C@H](O)C(=C1C)C2(C)C)C(NC(=O)OC(C)(C)C)c1ccccc1)CC(=O)CNC(=O)CNC(=O)CCCc1cn(CCCC[C@H](NC(=O)O[C@@H]2C(O)[C@@H](OC)OC(CO[C@H]3OC(COC)[C@@H](O)[C@H](O)C3O)[C@H]2O)C(=O)OCC)nn1. The molecule has 13 N–H and O–H groups in total. The summed E-state index contributed by atoms with van der Waals surface area (Å²) in [7, 11) is 2.50. The Morgan fingerprint density at radius 2 is 1.35 bits per heavy atom. The third kappa shape index (κ3) is 26.7. The van der Waals surface area contributed by atoms with Gasteiger partial charge in [0.05, 0.1) is 80.7 Å². The summed E-state index contributed by atoms with van der Waals surface area (Å²) in [5, 5.41) is 113. The van der Waals surface area contributed by atoms with Crippen LogP contribution in [0, 0.1) is 22.7 Å². The highest BCUT2D eigenvalue weighted by Crippen LogP contribution is 2.64. The number of nitrogens with one attached hydrogen (secondary N) is 5. The monoisotopic (exact) mass is 1880 g/mol. The molecule has 5 fully saturated rings. The van der Waals surface area contributed by atoms with E-state index < -0.39 is 273 Å². The summed E-state index contributed by atoms with van der Waals surface area (Å²) in [5.41, 5.74) is -9.03. The molecule has 4 heterocycles. The van der Waals surface area contributed by atoms with Crippen molar-refractivity contribution >= 4 is 77.3 Å². The van der Waals surface area contributed by atoms with E-state index in [1.807, 2.05) is 0 Å². The number of rotatable bonds is 45. The molecule has 0 radical (unpaired) electrons. The van der Waals surface area contributed by atoms with Gasteiger partial charge in [-0.25, -0.2) is 28.8 Å². The first-order valence-electron chi connectivity index (χ1n) is 44.3. The number of ether oxygens (including phenoxy) is 15. The summed E-state index contributed by atoms with van der Waals surface area (Å²) < 4.78 is 86.0. The van der Waals surface area contributed by atoms with E-state index in [2.05, 4.69) is 36.9 Å². The van der Waals surface area contributed by atoms with Crippen LogP contribution in [0.2, 0.25) is 0 Å². The van der Waals surface area contributed by atoms with Gasteiger partial charge in [0.25, 0.3) is 0 Å². The lowest BCUT2D eigenvalue weighted by atomic mass is 9.44. The number of unbranched alkanes of at least 4 members (excludes halogenated alkanes) is 2. The van der Waals surface area contributed by atoms with Crippen molar-refractivity contribution in [1.29, 1.82) is 0 Å². The van der Waals surface area contributed by atoms with Crippen LogP contribution in [0.4, 0.5) is 9.59 Å². The third-order valence-corrected chi connectivity index (χ3v) is 24.5. The number of aromatic nitrogens is 3. The van der Waals surface area contributed by atoms with E-state index in [0.717, 1.165) is 6.92 Å². The molecule has 9 rings (SSSR count). The fraction of sp³-hybridized carbons (Fsp3) is 0.674. The zero-order chi connectivity index (χ0) is 97.6. The average molecular weight is 1880 g/mol. The Morgan fingerprint density at radius 1 is 0.692 bits per heavy atom. The van der Waals surface area contributed by atoms with E-state index in [1.165, 1.54) is 66.2 Å². The second-order valence-corrected chi connectivity index (χ2v) is 35.3. The molecule has 0 spiro atoms. The number of carbonyl (C=O) groups excluding carboxylic acids is 13. The molecule has 23 atom stereocenters. The van der Waals surface area contributed by atoms with Gasteiger partial charge >= 0.3 is 48.0 Å². The number of ketones is 2. The molecule has 1 aromatic heterocycles. The predicted octanol–water partition coefficient (Wildman–Crippen LogP) is -0.141. The van der Waals surface area contributed by atoms with Crippen molar-refractivity contribution in [3.63, 3.8) is 0 Å². The van der Waals surface area contributed by atoms with Gasteiger partial charge < -0.3 is 138 Å². The number of fused-ring (bicyclic) bond motifs is 5. The number of hydrogen-bond donors (Lipinski definition) is 13. The number of carbonyl (C=O) groups is 13. The number of nitrogens with zero attached hydrogens (tertiary/aromatic N) is 3. The van der Waals surface area contributed by atoms with Crippen LogP contribution in [0.3, 0.4) is 0 Å². The lowest BCUT2D eigenvalue weighted by Crippen LogP contribution is -2.81. The largest absolute Gasteiger partial charge is 0.466 e. The summed E-state index contributed by atoms with van der Waals surface area (Å²) in [6.45, 7) is 11.1. The molecule has 2 saturated carbocycles. The first kappa shape index (κ1) is 107. The van der Waals surface area contributed by atoms with Crippen molar-refractivity contribution < 1.29 is 174 Å². The second-order valence-electron chi connectivity index (χ2n) is 35.3. The molecule has 2 aromatic carbocycles. The van der Waals surface area contributed by atoms with Crippen LogP contribution in [0.5, 0.6) is 0 Å². The Hall–Kier alpha value is -10.2. The molecule has 5 amide bonds. The Bertz CT molecular complexity index is 4530. The number of methoxy groups -OCH3 is 2. The highest BCUT2D eigenvalue weighted by molar-refractivity contribution is 5.95. The van der Waals surface area contributed by atoms with Gasteiger partial charge in [0.2, 0.25) is 23.8 Å². The highest BCUT2D eigenvalue weighted by atomic mass is 16.7. The topological polar surface area (TPSA) is 613 Å². The van der Waals surface area contributed by atoms with Crippen LogP contribution in [-0.2, 0) is 132 Å². The van der Waals surface area contributed by atoms with Gasteiger partial charge in [-0.15, -0.1) is 5.10 Å². The summed E-state index contributed by atoms with van der Waals surface area (Å²) in [5.74, 6) is -12.1. The Kier molecular flexibility index (Phi) is 38.3. The van der Waals surface area contributed by atoms with E-state index in [9.17, 15) is 93.6 Å². The molecule has 738 valence electrons. The van der Waals surface area contributed by atoms with Crippen molar-refractivity contribution in [2.45, 2.75) is 280 Å². The molecule has 3 saturated heterocycles. The molecule has 2 bridgehead atoms. The Labute approximate surface area is 767 Å². The van der Waals surface area contributed by atoms with Crippen LogP contribution >= 0.6 is 0 Å². The summed E-state index contributed by atoms with van der Waals surface area (Å²) in [6.07, 6.45) is -26.4. The molecule has 44 nitrogen and oxygen atoms in total. The number of aryl methyl sites for hydroxylation is 2. The maximum Gasteiger partial charge on any atom is 0.408 e. The highest BCUT2D eigenvalue weighted by Gasteiger charge is 2.78. The lowest BCUT2D eigenvalue weighted by molar-refractivity contribution is -0.346. The third-order valence-electron chi connectivity index (χ3n) is 24.5. The van der Waals surface area contributed by atoms with Crippen LogP contribution in [-0.4, -0.2) is 334 Å². The van der Waals surface area contributed by atoms with Gasteiger partial charge in [0.1, 0.15) is 104 Å². The fourth-order valence-corrected chi connectivity index (χ4v) is 17.6. The molecule has 3 aromatic rings. The number of benzene rings is 2. The summed E-state index contributed by atoms with van der Waals surface area (Å²) in [6, 6.07) is 12.4. The zero-order valence-corrected chi connectivity index (χ0v) is 76.5. The second kappa shape index (κ2) is 47.8. The first-order chi connectivity index (χ1) is 63.0. The van der Waals surface area contributed by atoms with Crippen LogP contribution in [0.25, 0.3) is 0 Å². The minimum atomic E-state index is -2.56. The minimum absolute atomic E-state index is 0.00666. The van der Waals surface area contributed by atoms with Gasteiger partial charge in [-0.05, 0) is 122 Å². The van der Waals surface area contributed by atoms with Gasteiger partial charge in [-0.3, -0.25) is 38.2 Å². The molecule has 6 aliphatic rings. The van der Waals surface area contributed by atoms with Gasteiger partial charge in [0, 0.05) is 71.5 Å². The summed E-state index contributed by atoms with van der Waals surface area (Å²) >= 11 is 0. The number of alkyl carbamates (subject to hydrolysis) is 2. The normalized spacial score (nSPS) is 28.5. The summed E-state index contributed by atoms with van der Waals surface area (Å²) in [4.78, 5) is 178. The number of aliphatic hydroxyl groups is 8. The molecule has 3 aliphatic heterocycles. The minimum Gasteiger partial charge on any atom is -0.466 e. The fourth-order valence-electron chi connectivity index (χ4n) is 17.6. The van der Waals surface area contributed by atoms with Crippen molar-refractivity contribution in [3.8, 4) is 0 Å². The molecular weight excluding hydrogens is 1760 g/mol. The van der Waals surface area contributed by atoms with E-state index in [0.29, 0.717) is 37.9 Å². The molecule has 44 heteroatoms. The van der Waals surface area contributed by atoms with Crippen molar-refractivity contribution in [2.24, 2.45) is 22.7 Å². The number of Topliss-reactive ketones (excluding diaryl/α,β-unsaturated/α-hetero) is 2. The molecule has 3 aliphatic carbocycles. The van der Waals surface area contributed by atoms with E-state index in [4.69, 9.17) is 71.1 Å². The number of amides is 5. The predicted molar refractivity (Wildman–Crippen MR) is 454 cm³/mol. The van der Waals surface area contributed by atoms with Crippen LogP contribution in [0.15, 0.2) is 78.0 Å². The van der Waals surface area contributed by atoms with Crippen LogP contribution < -0.4 is 26.6 Å². The van der Waals surface area contributed by atoms with Gasteiger partial charge in [-0.2, -0.15) is 0 Å². The maximum atomic E-state index is 15.4. The Balaban J connectivity index is 0.718. The van der Waals surface area contributed by atoms with E-state index >= 15 is 9.59 Å². The van der Waals surface area contributed by atoms with Gasteiger partial charge in [0.15, 0.2) is 35.9 Å². The maximum absolute atomic E-state index is 15.4. The molecule has 5 unspecified atom stereocenters. The lowest BCUT2D eigenvalue weighted by Gasteiger charge is -2.67. The average Bonchev–Trinajstić information content (AvgIpc) is 1.34. The number of hydrogen-bond acceptors (Lipinski definition) is 38. The quantitative estimate of drug-likeness (QED) is 0.0152. The molecule has 133 heavy (non-hydrogen) atoms. The zero-order valence-electron chi connectivity index (χ0n) is 76.5. The standard InChI is InChI=1S/C89H126N8O36/c1-13-122-77(112)51(36-53(99)39-91-61(102)40-92-60(101)33-25-31-52-41-97(96-95-52)35-24-22-32-54(79(114)123-14-2)93-83(116)130-73-67(106)57(127-81(120-12)71(73)110)43-124-82-70(109)69(108)66(105)56(128-82)42-119-11)30-21-23-34-90-62(103)44-121-45-63(104)129-72(65(49-26-17-15-18-27-49)94-84(117)133-85(5,6)7)80(115)126-55-38-89(118)76(131-78(113)50-28-19-16-20-29-50)74-87(10,75(111)68(107)64(47(55)3)86(89,8)9)58(100)37-59-88(74,46-125-59)132-48(4)98/h15-20,26-29,41,51,54-59,65-74,76,81-82,100,105-110,118H,13-14,21-25,30-40,42-46H2,1-12H3,(H,90,103)(H,91,102)(H,92,101)(H,93,116)(H,94,117)/t51-,54+,55+,56?,57?,58+,59-,65?,66-,67-,68-,69+,70?,71?,72-,73+,74+,76+,81+,82+,87-,88+,89-/m1/s1. The number of esters is 6. The van der Waals surface area contributed by atoms with Crippen molar-refractivity contribution in [3.05, 3.63) is 94.8 Å². The van der Waals surface area contributed by atoms with E-state index in [-0.39, 0.29) is 93.6 Å². The number of aliphatic hydroxyl groups excluding tert-OH is 7. The molecular formula is C89H126N8O36. The van der Waals surface area contributed by atoms with E-state index in [1.54, 1.807) is 81.9 Å². The first-order valence-corrected chi connectivity index (χ1v) is 44.3. The van der Waals surface area contributed by atoms with Crippen molar-refractivity contribution in [2.75, 3.05) is 80.1 Å². The Morgan fingerprint density at radius 3 is 2.01 bits per heavy atom. The van der Waals surface area contributed by atoms with Crippen LogP contribution in [0.1, 0.15) is 168 Å². The van der Waals surface area contributed by atoms with Gasteiger partial charge in [-0.1, -0.05) is 74.0 Å². The van der Waals surface area contributed by atoms with Crippen molar-refractivity contribution in [1.82, 2.24) is 41.6 Å². The smallest absolute Gasteiger partial charge is 0.408 e.